The molecule has 1 saturated heterocycles. The minimum absolute atomic E-state index is 1.08. The molecule has 5 aliphatic rings. The summed E-state index contributed by atoms with van der Waals surface area (Å²) in [6.45, 7) is 11.6. The van der Waals surface area contributed by atoms with Gasteiger partial charge in [-0.05, 0) is 58.7 Å². The molecular formula is C22H40Si2. The highest BCUT2D eigenvalue weighted by atomic mass is 28.3. The van der Waals surface area contributed by atoms with E-state index in [4.69, 9.17) is 0 Å². The quantitative estimate of drug-likeness (QED) is 0.397. The molecule has 8 atom stereocenters. The summed E-state index contributed by atoms with van der Waals surface area (Å²) in [5, 5.41) is 0. The zero-order valence-electron chi connectivity index (χ0n) is 16.7. The predicted molar refractivity (Wildman–Crippen MR) is 110 cm³/mol. The standard InChI is InChI=1S/C22H40Si2/c1-23(2)19-13-15-9-5-7-11-17(15)21(19)24(3,4)22-18-12-8-6-10-16(18)14-20(22)23/h15-22H,5-14H2,1-4H3. The van der Waals surface area contributed by atoms with E-state index in [1.807, 2.05) is 0 Å². The molecule has 0 spiro atoms. The average molecular weight is 361 g/mol. The Morgan fingerprint density at radius 2 is 0.958 bits per heavy atom. The van der Waals surface area contributed by atoms with Crippen molar-refractivity contribution in [3.8, 4) is 0 Å². The van der Waals surface area contributed by atoms with Crippen molar-refractivity contribution in [2.75, 3.05) is 0 Å². The van der Waals surface area contributed by atoms with Crippen LogP contribution in [0.2, 0.25) is 48.4 Å². The fraction of sp³-hybridized carbons (Fsp3) is 1.00. The van der Waals surface area contributed by atoms with E-state index in [1.165, 1.54) is 34.0 Å². The molecule has 8 unspecified atom stereocenters. The van der Waals surface area contributed by atoms with E-state index in [1.54, 1.807) is 64.2 Å². The van der Waals surface area contributed by atoms with Gasteiger partial charge in [0.1, 0.15) is 0 Å². The molecule has 0 amide bonds. The van der Waals surface area contributed by atoms with Crippen LogP contribution in [0.4, 0.5) is 0 Å². The molecule has 136 valence electrons. The molecule has 1 aliphatic heterocycles. The molecule has 4 aliphatic carbocycles. The van der Waals surface area contributed by atoms with Gasteiger partial charge in [0.05, 0.1) is 16.1 Å². The monoisotopic (exact) mass is 360 g/mol. The van der Waals surface area contributed by atoms with Crippen LogP contribution >= 0.6 is 0 Å². The maximum Gasteiger partial charge on any atom is 0.0541 e. The van der Waals surface area contributed by atoms with E-state index in [9.17, 15) is 0 Å². The van der Waals surface area contributed by atoms with E-state index in [0.29, 0.717) is 0 Å². The molecule has 2 heteroatoms. The lowest BCUT2D eigenvalue weighted by Gasteiger charge is -2.58. The van der Waals surface area contributed by atoms with Gasteiger partial charge in [0, 0.05) is 0 Å². The van der Waals surface area contributed by atoms with Gasteiger partial charge < -0.3 is 0 Å². The second-order valence-electron chi connectivity index (χ2n) is 11.8. The third-order valence-electron chi connectivity index (χ3n) is 10.5. The zero-order valence-corrected chi connectivity index (χ0v) is 18.7. The van der Waals surface area contributed by atoms with E-state index in [0.717, 1.165) is 11.8 Å². The van der Waals surface area contributed by atoms with Crippen LogP contribution in [0.5, 0.6) is 0 Å². The first-order chi connectivity index (χ1) is 11.4. The molecule has 0 aromatic rings. The van der Waals surface area contributed by atoms with Crippen molar-refractivity contribution in [1.29, 1.82) is 0 Å². The van der Waals surface area contributed by atoms with Gasteiger partial charge in [0.25, 0.3) is 0 Å². The van der Waals surface area contributed by atoms with Crippen molar-refractivity contribution in [2.24, 2.45) is 23.7 Å². The maximum atomic E-state index is 2.90. The SMILES string of the molecule is C[Si]1(C)C2CC3CCCCC3C2[Si](C)(C)C2C3CCCCC3CC21. The van der Waals surface area contributed by atoms with Gasteiger partial charge >= 0.3 is 0 Å². The number of hydrogen-bond acceptors (Lipinski definition) is 0. The van der Waals surface area contributed by atoms with Gasteiger partial charge in [-0.2, -0.15) is 0 Å². The molecule has 0 bridgehead atoms. The predicted octanol–water partition coefficient (Wildman–Crippen LogP) is 7.32. The lowest BCUT2D eigenvalue weighted by Crippen LogP contribution is -2.57. The molecule has 0 aromatic heterocycles. The molecule has 0 radical (unpaired) electrons. The topological polar surface area (TPSA) is 0 Å². The fourth-order valence-electron chi connectivity index (χ4n) is 9.72. The highest BCUT2D eigenvalue weighted by Crippen LogP contribution is 2.76. The van der Waals surface area contributed by atoms with Crippen molar-refractivity contribution in [3.05, 3.63) is 0 Å². The van der Waals surface area contributed by atoms with Crippen LogP contribution in [0, 0.1) is 23.7 Å². The van der Waals surface area contributed by atoms with Crippen LogP contribution in [0.3, 0.4) is 0 Å². The second-order valence-corrected chi connectivity index (χ2v) is 21.9. The first-order valence-corrected chi connectivity index (χ1v) is 17.7. The Balaban J connectivity index is 1.57. The summed E-state index contributed by atoms with van der Waals surface area (Å²) in [6.07, 6.45) is 16.1. The van der Waals surface area contributed by atoms with E-state index >= 15 is 0 Å². The minimum atomic E-state index is -1.12. The third kappa shape index (κ3) is 2.08. The van der Waals surface area contributed by atoms with Gasteiger partial charge in [-0.25, -0.2) is 0 Å². The van der Waals surface area contributed by atoms with Gasteiger partial charge in [-0.3, -0.25) is 0 Å². The fourth-order valence-corrected chi connectivity index (χ4v) is 25.5. The smallest absolute Gasteiger partial charge is 0.0541 e. The van der Waals surface area contributed by atoms with E-state index < -0.39 is 16.1 Å². The van der Waals surface area contributed by atoms with Crippen LogP contribution in [-0.4, -0.2) is 16.1 Å². The molecule has 24 heavy (non-hydrogen) atoms. The number of rotatable bonds is 0. The van der Waals surface area contributed by atoms with E-state index in [2.05, 4.69) is 26.2 Å². The summed E-state index contributed by atoms with van der Waals surface area (Å²) in [6, 6.07) is 0. The lowest BCUT2D eigenvalue weighted by molar-refractivity contribution is 0.263. The van der Waals surface area contributed by atoms with Crippen LogP contribution in [0.1, 0.15) is 64.2 Å². The summed E-state index contributed by atoms with van der Waals surface area (Å²) >= 11 is 0. The van der Waals surface area contributed by atoms with E-state index in [-0.39, 0.29) is 0 Å². The minimum Gasteiger partial charge on any atom is -0.0689 e. The van der Waals surface area contributed by atoms with Crippen LogP contribution in [0.15, 0.2) is 0 Å². The summed E-state index contributed by atoms with van der Waals surface area (Å²) < 4.78 is 0. The summed E-state index contributed by atoms with van der Waals surface area (Å²) in [4.78, 5) is 0. The second kappa shape index (κ2) is 5.47. The highest BCUT2D eigenvalue weighted by molar-refractivity contribution is 6.91. The van der Waals surface area contributed by atoms with Gasteiger partial charge in [-0.1, -0.05) is 77.6 Å². The Morgan fingerprint density at radius 1 is 0.542 bits per heavy atom. The Labute approximate surface area is 152 Å². The van der Waals surface area contributed by atoms with Crippen molar-refractivity contribution >= 4 is 16.1 Å². The van der Waals surface area contributed by atoms with Gasteiger partial charge in [-0.15, -0.1) is 0 Å². The van der Waals surface area contributed by atoms with Crippen molar-refractivity contribution in [2.45, 2.75) is 113 Å². The Morgan fingerprint density at radius 3 is 1.42 bits per heavy atom. The van der Waals surface area contributed by atoms with Crippen molar-refractivity contribution < 1.29 is 0 Å². The molecule has 0 aromatic carbocycles. The van der Waals surface area contributed by atoms with Crippen molar-refractivity contribution in [3.63, 3.8) is 0 Å². The molecule has 4 saturated carbocycles. The summed E-state index contributed by atoms with van der Waals surface area (Å²) in [5.74, 6) is 4.68. The molecule has 0 N–H and O–H groups in total. The average Bonchev–Trinajstić information content (AvgIpc) is 3.14. The Bertz CT molecular complexity index is 468. The van der Waals surface area contributed by atoms with Crippen LogP contribution in [0.25, 0.3) is 0 Å². The zero-order chi connectivity index (χ0) is 16.7. The lowest BCUT2D eigenvalue weighted by atomic mass is 9.81. The van der Waals surface area contributed by atoms with Crippen LogP contribution < -0.4 is 0 Å². The number of hydrogen-bond donors (Lipinski definition) is 0. The normalized spacial score (nSPS) is 54.5. The Kier molecular flexibility index (Phi) is 3.78. The Hall–Kier alpha value is 0.434. The van der Waals surface area contributed by atoms with Gasteiger partial charge in [0.2, 0.25) is 0 Å². The van der Waals surface area contributed by atoms with Crippen molar-refractivity contribution in [1.82, 2.24) is 0 Å². The van der Waals surface area contributed by atoms with Crippen LogP contribution in [-0.2, 0) is 0 Å². The first kappa shape index (κ1) is 16.6. The summed E-state index contributed by atoms with van der Waals surface area (Å²) in [5.41, 5.74) is 4.94. The summed E-state index contributed by atoms with van der Waals surface area (Å²) in [7, 11) is -2.20. The van der Waals surface area contributed by atoms with Gasteiger partial charge in [0.15, 0.2) is 0 Å². The first-order valence-electron chi connectivity index (χ1n) is 11.4. The molecular weight excluding hydrogens is 320 g/mol. The molecule has 5 rings (SSSR count). The molecule has 5 fully saturated rings. The largest absolute Gasteiger partial charge is 0.0689 e. The third-order valence-corrected chi connectivity index (χ3v) is 21.2. The maximum absolute atomic E-state index is 2.90. The highest BCUT2D eigenvalue weighted by Gasteiger charge is 2.68. The molecule has 0 nitrogen and oxygen atoms in total. The number of fused-ring (bicyclic) bond motifs is 6. The molecule has 1 heterocycles.